The largest absolute Gasteiger partial charge is 0.396 e. The third-order valence-electron chi connectivity index (χ3n) is 3.59. The molecule has 1 aliphatic rings. The van der Waals surface area contributed by atoms with E-state index in [1.807, 2.05) is 24.3 Å². The van der Waals surface area contributed by atoms with Crippen molar-refractivity contribution < 1.29 is 5.11 Å². The first-order valence-electron chi connectivity index (χ1n) is 6.17. The van der Waals surface area contributed by atoms with E-state index in [0.717, 1.165) is 24.0 Å². The molecule has 0 aromatic heterocycles. The van der Waals surface area contributed by atoms with Gasteiger partial charge < -0.3 is 10.4 Å². The average Bonchev–Trinajstić information content (AvgIpc) is 2.84. The summed E-state index contributed by atoms with van der Waals surface area (Å²) in [5, 5.41) is 21.7. The lowest BCUT2D eigenvalue weighted by molar-refractivity contribution is 0.205. The van der Waals surface area contributed by atoms with Crippen LogP contribution >= 0.6 is 0 Å². The number of rotatable bonds is 4. The van der Waals surface area contributed by atoms with E-state index in [4.69, 9.17) is 5.26 Å². The molecule has 17 heavy (non-hydrogen) atoms. The summed E-state index contributed by atoms with van der Waals surface area (Å²) < 4.78 is 0. The number of benzene rings is 1. The van der Waals surface area contributed by atoms with E-state index in [2.05, 4.69) is 11.4 Å². The summed E-state index contributed by atoms with van der Waals surface area (Å²) in [5.74, 6) is 0.379. The highest BCUT2D eigenvalue weighted by Crippen LogP contribution is 2.25. The van der Waals surface area contributed by atoms with Crippen LogP contribution in [0, 0.1) is 17.2 Å². The highest BCUT2D eigenvalue weighted by atomic mass is 16.3. The van der Waals surface area contributed by atoms with E-state index >= 15 is 0 Å². The van der Waals surface area contributed by atoms with Crippen molar-refractivity contribution in [3.8, 4) is 6.07 Å². The molecule has 90 valence electrons. The molecule has 1 aliphatic carbocycles. The summed E-state index contributed by atoms with van der Waals surface area (Å²) >= 11 is 0. The van der Waals surface area contributed by atoms with E-state index in [1.165, 1.54) is 6.42 Å². The molecule has 2 unspecified atom stereocenters. The Balaban J connectivity index is 1.96. The van der Waals surface area contributed by atoms with Crippen LogP contribution in [-0.4, -0.2) is 17.8 Å². The third-order valence-corrected chi connectivity index (χ3v) is 3.59. The zero-order valence-electron chi connectivity index (χ0n) is 9.89. The van der Waals surface area contributed by atoms with Crippen LogP contribution in [0.15, 0.2) is 24.3 Å². The average molecular weight is 230 g/mol. The molecule has 2 rings (SSSR count). The molecule has 3 heteroatoms. The van der Waals surface area contributed by atoms with Gasteiger partial charge >= 0.3 is 0 Å². The van der Waals surface area contributed by atoms with Crippen LogP contribution in [0.4, 0.5) is 0 Å². The summed E-state index contributed by atoms with van der Waals surface area (Å²) in [6.45, 7) is 0.975. The van der Waals surface area contributed by atoms with Crippen molar-refractivity contribution in [2.75, 3.05) is 6.61 Å². The molecular formula is C14H18N2O. The summed E-state index contributed by atoms with van der Waals surface area (Å²) in [6, 6.07) is 10.3. The van der Waals surface area contributed by atoms with Crippen LogP contribution < -0.4 is 5.32 Å². The van der Waals surface area contributed by atoms with Gasteiger partial charge in [-0.05, 0) is 30.4 Å². The molecule has 0 heterocycles. The predicted octanol–water partition coefficient (Wildman–Crippen LogP) is 1.81. The van der Waals surface area contributed by atoms with E-state index in [1.54, 1.807) is 0 Å². The number of nitriles is 1. The fourth-order valence-electron chi connectivity index (χ4n) is 2.55. The fourth-order valence-corrected chi connectivity index (χ4v) is 2.55. The van der Waals surface area contributed by atoms with Gasteiger partial charge in [0.15, 0.2) is 0 Å². The molecule has 0 spiro atoms. The monoisotopic (exact) mass is 230 g/mol. The van der Waals surface area contributed by atoms with Crippen molar-refractivity contribution in [3.05, 3.63) is 35.4 Å². The van der Waals surface area contributed by atoms with Crippen LogP contribution in [0.1, 0.15) is 30.4 Å². The second-order valence-corrected chi connectivity index (χ2v) is 4.63. The number of aliphatic hydroxyl groups excluding tert-OH is 1. The highest BCUT2D eigenvalue weighted by Gasteiger charge is 2.25. The van der Waals surface area contributed by atoms with E-state index in [0.29, 0.717) is 18.5 Å². The first-order valence-corrected chi connectivity index (χ1v) is 6.17. The summed E-state index contributed by atoms with van der Waals surface area (Å²) in [5.41, 5.74) is 1.78. The lowest BCUT2D eigenvalue weighted by Crippen LogP contribution is -2.33. The predicted molar refractivity (Wildman–Crippen MR) is 66.2 cm³/mol. The Hall–Kier alpha value is -1.37. The van der Waals surface area contributed by atoms with Gasteiger partial charge in [0.05, 0.1) is 11.6 Å². The molecular weight excluding hydrogens is 212 g/mol. The van der Waals surface area contributed by atoms with Gasteiger partial charge in [-0.3, -0.25) is 0 Å². The molecule has 0 amide bonds. The van der Waals surface area contributed by atoms with Crippen LogP contribution in [-0.2, 0) is 6.54 Å². The Morgan fingerprint density at radius 2 is 2.18 bits per heavy atom. The molecule has 0 radical (unpaired) electrons. The van der Waals surface area contributed by atoms with Gasteiger partial charge in [-0.1, -0.05) is 24.6 Å². The van der Waals surface area contributed by atoms with E-state index in [9.17, 15) is 5.11 Å². The maximum Gasteiger partial charge on any atom is 0.0995 e. The summed E-state index contributed by atoms with van der Waals surface area (Å²) in [7, 11) is 0. The number of nitrogens with zero attached hydrogens (tertiary/aromatic N) is 1. The molecule has 2 N–H and O–H groups in total. The van der Waals surface area contributed by atoms with Crippen molar-refractivity contribution in [1.29, 1.82) is 5.26 Å². The van der Waals surface area contributed by atoms with Crippen molar-refractivity contribution in [3.63, 3.8) is 0 Å². The molecule has 0 aliphatic heterocycles. The molecule has 2 atom stereocenters. The number of hydrogen-bond donors (Lipinski definition) is 2. The highest BCUT2D eigenvalue weighted by molar-refractivity contribution is 5.37. The van der Waals surface area contributed by atoms with E-state index in [-0.39, 0.29) is 6.61 Å². The SMILES string of the molecule is N#Cc1ccccc1CNC1CCCC1CO. The van der Waals surface area contributed by atoms with E-state index < -0.39 is 0 Å². The van der Waals surface area contributed by atoms with Gasteiger partial charge in [0.2, 0.25) is 0 Å². The Labute approximate surface area is 102 Å². The standard InChI is InChI=1S/C14H18N2O/c15-8-11-4-1-2-5-12(11)9-16-14-7-3-6-13(14)10-17/h1-2,4-5,13-14,16-17H,3,6-7,9-10H2. The second kappa shape index (κ2) is 5.81. The summed E-state index contributed by atoms with van der Waals surface area (Å²) in [4.78, 5) is 0. The molecule has 1 fully saturated rings. The maximum absolute atomic E-state index is 9.24. The normalized spacial score (nSPS) is 23.5. The van der Waals surface area contributed by atoms with Crippen LogP contribution in [0.3, 0.4) is 0 Å². The molecule has 1 saturated carbocycles. The van der Waals surface area contributed by atoms with Gasteiger partial charge in [-0.25, -0.2) is 0 Å². The van der Waals surface area contributed by atoms with Crippen molar-refractivity contribution in [2.24, 2.45) is 5.92 Å². The zero-order valence-corrected chi connectivity index (χ0v) is 9.89. The Morgan fingerprint density at radius 1 is 1.35 bits per heavy atom. The third kappa shape index (κ3) is 2.85. The molecule has 1 aromatic carbocycles. The smallest absolute Gasteiger partial charge is 0.0995 e. The molecule has 3 nitrogen and oxygen atoms in total. The maximum atomic E-state index is 9.24. The number of nitrogens with one attached hydrogen (secondary N) is 1. The molecule has 0 bridgehead atoms. The zero-order chi connectivity index (χ0) is 12.1. The summed E-state index contributed by atoms with van der Waals surface area (Å²) in [6.07, 6.45) is 3.41. The Morgan fingerprint density at radius 3 is 2.94 bits per heavy atom. The minimum atomic E-state index is 0.261. The van der Waals surface area contributed by atoms with Crippen LogP contribution in [0.5, 0.6) is 0 Å². The van der Waals surface area contributed by atoms with Crippen LogP contribution in [0.25, 0.3) is 0 Å². The Bertz CT molecular complexity index is 411. The van der Waals surface area contributed by atoms with Crippen molar-refractivity contribution in [2.45, 2.75) is 31.8 Å². The Kier molecular flexibility index (Phi) is 4.13. The minimum Gasteiger partial charge on any atom is -0.396 e. The van der Waals surface area contributed by atoms with Crippen molar-refractivity contribution >= 4 is 0 Å². The molecule has 1 aromatic rings. The fraction of sp³-hybridized carbons (Fsp3) is 0.500. The molecule has 0 saturated heterocycles. The van der Waals surface area contributed by atoms with Gasteiger partial charge in [0.1, 0.15) is 0 Å². The van der Waals surface area contributed by atoms with Crippen LogP contribution in [0.2, 0.25) is 0 Å². The second-order valence-electron chi connectivity index (χ2n) is 4.63. The van der Waals surface area contributed by atoms with Gasteiger partial charge in [0.25, 0.3) is 0 Å². The van der Waals surface area contributed by atoms with Gasteiger partial charge in [0, 0.05) is 19.2 Å². The lowest BCUT2D eigenvalue weighted by atomic mass is 10.0. The first kappa shape index (κ1) is 12.1. The quantitative estimate of drug-likeness (QED) is 0.829. The number of hydrogen-bond acceptors (Lipinski definition) is 3. The lowest BCUT2D eigenvalue weighted by Gasteiger charge is -2.19. The van der Waals surface area contributed by atoms with Crippen molar-refractivity contribution in [1.82, 2.24) is 5.32 Å². The minimum absolute atomic E-state index is 0.261. The first-order chi connectivity index (χ1) is 8.35. The van der Waals surface area contributed by atoms with Gasteiger partial charge in [-0.2, -0.15) is 5.26 Å². The van der Waals surface area contributed by atoms with Gasteiger partial charge in [-0.15, -0.1) is 0 Å². The topological polar surface area (TPSA) is 56.0 Å². The number of aliphatic hydroxyl groups is 1.